The van der Waals surface area contributed by atoms with Crippen LogP contribution in [0.4, 0.5) is 5.13 Å². The summed E-state index contributed by atoms with van der Waals surface area (Å²) in [7, 11) is 0. The van der Waals surface area contributed by atoms with Crippen molar-refractivity contribution in [3.05, 3.63) is 48.3 Å². The maximum atomic E-state index is 12.8. The van der Waals surface area contributed by atoms with E-state index in [1.54, 1.807) is 23.6 Å². The van der Waals surface area contributed by atoms with Gasteiger partial charge in [-0.15, -0.1) is 0 Å². The molecule has 29 heavy (non-hydrogen) atoms. The van der Waals surface area contributed by atoms with Crippen molar-refractivity contribution in [2.75, 3.05) is 31.1 Å². The summed E-state index contributed by atoms with van der Waals surface area (Å²) in [6.07, 6.45) is 2.44. The Morgan fingerprint density at radius 3 is 2.83 bits per heavy atom. The van der Waals surface area contributed by atoms with Crippen LogP contribution < -0.4 is 4.90 Å². The van der Waals surface area contributed by atoms with E-state index in [-0.39, 0.29) is 23.7 Å². The second kappa shape index (κ2) is 6.88. The zero-order valence-corrected chi connectivity index (χ0v) is 16.7. The SMILES string of the molecule is O=C(O)CC[C@@]12CN(C(=O)c3ccc[nH]3)C[C@@H]1CN(c1nc3ccccc3s1)C2. The summed E-state index contributed by atoms with van der Waals surface area (Å²) < 4.78 is 1.16. The van der Waals surface area contributed by atoms with Crippen LogP contribution in [0.2, 0.25) is 0 Å². The van der Waals surface area contributed by atoms with Crippen molar-refractivity contribution < 1.29 is 14.7 Å². The highest BCUT2D eigenvalue weighted by atomic mass is 32.1. The lowest BCUT2D eigenvalue weighted by molar-refractivity contribution is -0.137. The number of hydrogen-bond acceptors (Lipinski definition) is 5. The van der Waals surface area contributed by atoms with Gasteiger partial charge in [-0.25, -0.2) is 4.98 Å². The fourth-order valence-electron chi connectivity index (χ4n) is 4.82. The van der Waals surface area contributed by atoms with Crippen molar-refractivity contribution in [3.63, 3.8) is 0 Å². The topological polar surface area (TPSA) is 89.5 Å². The fourth-order valence-corrected chi connectivity index (χ4v) is 5.80. The number of anilines is 1. The molecule has 150 valence electrons. The Kier molecular flexibility index (Phi) is 4.31. The second-order valence-electron chi connectivity index (χ2n) is 8.07. The first kappa shape index (κ1) is 18.2. The number of carbonyl (C=O) groups is 2. The number of carbonyl (C=O) groups excluding carboxylic acids is 1. The number of para-hydroxylation sites is 1. The monoisotopic (exact) mass is 410 g/mol. The molecule has 0 bridgehead atoms. The van der Waals surface area contributed by atoms with Crippen molar-refractivity contribution in [1.82, 2.24) is 14.9 Å². The third kappa shape index (κ3) is 3.17. The van der Waals surface area contributed by atoms with Crippen molar-refractivity contribution >= 4 is 38.6 Å². The lowest BCUT2D eigenvalue weighted by Crippen LogP contribution is -2.37. The number of aromatic nitrogens is 2. The van der Waals surface area contributed by atoms with E-state index in [9.17, 15) is 14.7 Å². The Bertz CT molecular complexity index is 1030. The van der Waals surface area contributed by atoms with Crippen LogP contribution in [0.15, 0.2) is 42.6 Å². The minimum Gasteiger partial charge on any atom is -0.481 e. The number of aliphatic carboxylic acids is 1. The van der Waals surface area contributed by atoms with Gasteiger partial charge in [-0.05, 0) is 30.7 Å². The molecule has 2 aromatic heterocycles. The number of fused-ring (bicyclic) bond motifs is 2. The molecule has 7 nitrogen and oxygen atoms in total. The van der Waals surface area contributed by atoms with E-state index in [1.165, 1.54) is 0 Å². The van der Waals surface area contributed by atoms with Gasteiger partial charge in [0.1, 0.15) is 5.69 Å². The summed E-state index contributed by atoms with van der Waals surface area (Å²) in [6, 6.07) is 11.7. The summed E-state index contributed by atoms with van der Waals surface area (Å²) in [5, 5.41) is 10.3. The molecule has 0 aliphatic carbocycles. The van der Waals surface area contributed by atoms with E-state index in [4.69, 9.17) is 4.98 Å². The molecule has 1 amide bonds. The molecule has 5 rings (SSSR count). The summed E-state index contributed by atoms with van der Waals surface area (Å²) >= 11 is 1.67. The fraction of sp³-hybridized carbons (Fsp3) is 0.381. The van der Waals surface area contributed by atoms with Crippen molar-refractivity contribution in [2.45, 2.75) is 12.8 Å². The minimum atomic E-state index is -0.786. The minimum absolute atomic E-state index is 0.00867. The average molecular weight is 410 g/mol. The van der Waals surface area contributed by atoms with Gasteiger partial charge in [0, 0.05) is 50.1 Å². The highest BCUT2D eigenvalue weighted by Crippen LogP contribution is 2.48. The molecular formula is C21H22N4O3S. The average Bonchev–Trinajstić information content (AvgIpc) is 3.47. The lowest BCUT2D eigenvalue weighted by atomic mass is 9.77. The Morgan fingerprint density at radius 2 is 2.07 bits per heavy atom. The Hall–Kier alpha value is -2.87. The van der Waals surface area contributed by atoms with E-state index in [2.05, 4.69) is 16.0 Å². The number of benzene rings is 1. The van der Waals surface area contributed by atoms with E-state index in [1.807, 2.05) is 29.2 Å². The first-order valence-electron chi connectivity index (χ1n) is 9.79. The number of rotatable bonds is 5. The van der Waals surface area contributed by atoms with Gasteiger partial charge in [-0.3, -0.25) is 9.59 Å². The lowest BCUT2D eigenvalue weighted by Gasteiger charge is -2.28. The van der Waals surface area contributed by atoms with Crippen molar-refractivity contribution in [2.24, 2.45) is 11.3 Å². The van der Waals surface area contributed by atoms with Gasteiger partial charge in [-0.1, -0.05) is 23.5 Å². The van der Waals surface area contributed by atoms with Crippen LogP contribution in [0.3, 0.4) is 0 Å². The number of nitrogens with zero attached hydrogens (tertiary/aromatic N) is 3. The number of aromatic amines is 1. The molecule has 4 heterocycles. The zero-order chi connectivity index (χ0) is 20.0. The standard InChI is InChI=1S/C21H22N4O3S/c26-18(27)7-8-21-12-24(19(28)16-5-3-9-22-16)10-14(21)11-25(13-21)20-23-15-4-1-2-6-17(15)29-20/h1-6,9,14,22H,7-8,10-13H2,(H,26,27)/t14-,21+/m1/s1. The van der Waals surface area contributed by atoms with Crippen LogP contribution in [0.25, 0.3) is 10.2 Å². The second-order valence-corrected chi connectivity index (χ2v) is 9.08. The van der Waals surface area contributed by atoms with Crippen molar-refractivity contribution in [3.8, 4) is 0 Å². The molecule has 2 fully saturated rings. The molecule has 2 aliphatic rings. The summed E-state index contributed by atoms with van der Waals surface area (Å²) in [4.78, 5) is 36.1. The third-order valence-corrected chi connectivity index (χ3v) is 7.36. The number of hydrogen-bond donors (Lipinski definition) is 2. The largest absolute Gasteiger partial charge is 0.481 e. The number of carboxylic acids is 1. The van der Waals surface area contributed by atoms with E-state index in [0.29, 0.717) is 25.2 Å². The number of thiazole rings is 1. The number of H-pyrrole nitrogens is 1. The molecule has 8 heteroatoms. The van der Waals surface area contributed by atoms with Gasteiger partial charge in [0.05, 0.1) is 10.2 Å². The smallest absolute Gasteiger partial charge is 0.303 e. The molecule has 0 spiro atoms. The van der Waals surface area contributed by atoms with Crippen LogP contribution in [-0.4, -0.2) is 58.0 Å². The quantitative estimate of drug-likeness (QED) is 0.675. The maximum absolute atomic E-state index is 12.8. The van der Waals surface area contributed by atoms with E-state index < -0.39 is 5.97 Å². The molecular weight excluding hydrogens is 388 g/mol. The van der Waals surface area contributed by atoms with Gasteiger partial charge in [0.15, 0.2) is 5.13 Å². The highest BCUT2D eigenvalue weighted by Gasteiger charge is 2.53. The predicted octanol–water partition coefficient (Wildman–Crippen LogP) is 3.07. The molecule has 2 saturated heterocycles. The molecule has 0 saturated carbocycles. The van der Waals surface area contributed by atoms with Crippen LogP contribution in [0, 0.1) is 11.3 Å². The number of nitrogens with one attached hydrogen (secondary N) is 1. The highest BCUT2D eigenvalue weighted by molar-refractivity contribution is 7.22. The molecule has 0 unspecified atom stereocenters. The molecule has 1 aromatic carbocycles. The van der Waals surface area contributed by atoms with Gasteiger partial charge >= 0.3 is 5.97 Å². The maximum Gasteiger partial charge on any atom is 0.303 e. The molecule has 2 aliphatic heterocycles. The molecule has 3 aromatic rings. The Labute approximate surface area is 172 Å². The van der Waals surface area contributed by atoms with Crippen LogP contribution in [0.1, 0.15) is 23.3 Å². The van der Waals surface area contributed by atoms with Crippen LogP contribution >= 0.6 is 11.3 Å². The van der Waals surface area contributed by atoms with Crippen LogP contribution in [-0.2, 0) is 4.79 Å². The predicted molar refractivity (Wildman–Crippen MR) is 111 cm³/mol. The molecule has 2 atom stereocenters. The first-order chi connectivity index (χ1) is 14.0. The van der Waals surface area contributed by atoms with Gasteiger partial charge in [0.2, 0.25) is 0 Å². The summed E-state index contributed by atoms with van der Waals surface area (Å²) in [5.74, 6) is -0.552. The summed E-state index contributed by atoms with van der Waals surface area (Å²) in [5.41, 5.74) is 1.37. The number of amides is 1. The van der Waals surface area contributed by atoms with Crippen molar-refractivity contribution in [1.29, 1.82) is 0 Å². The number of likely N-dealkylation sites (tertiary alicyclic amines) is 1. The van der Waals surface area contributed by atoms with Gasteiger partial charge < -0.3 is 19.9 Å². The summed E-state index contributed by atoms with van der Waals surface area (Å²) in [6.45, 7) is 2.77. The third-order valence-electron chi connectivity index (χ3n) is 6.26. The zero-order valence-electron chi connectivity index (χ0n) is 15.9. The van der Waals surface area contributed by atoms with Gasteiger partial charge in [-0.2, -0.15) is 0 Å². The Balaban J connectivity index is 1.40. The molecule has 2 N–H and O–H groups in total. The van der Waals surface area contributed by atoms with E-state index >= 15 is 0 Å². The first-order valence-corrected chi connectivity index (χ1v) is 10.6. The van der Waals surface area contributed by atoms with Crippen LogP contribution in [0.5, 0.6) is 0 Å². The van der Waals surface area contributed by atoms with Gasteiger partial charge in [0.25, 0.3) is 5.91 Å². The van der Waals surface area contributed by atoms with E-state index in [0.717, 1.165) is 28.4 Å². The number of carboxylic acid groups (broad SMARTS) is 1. The molecule has 0 radical (unpaired) electrons. The normalized spacial score (nSPS) is 23.7. The Morgan fingerprint density at radius 1 is 1.21 bits per heavy atom.